The Morgan fingerprint density at radius 1 is 0.511 bits per heavy atom. The van der Waals surface area contributed by atoms with E-state index < -0.39 is 88.4 Å². The Morgan fingerprint density at radius 2 is 0.915 bits per heavy atom. The minimum atomic E-state index is -6.23. The van der Waals surface area contributed by atoms with Crippen LogP contribution in [0.25, 0.3) is 22.3 Å². The van der Waals surface area contributed by atoms with Gasteiger partial charge >= 0.3 is 206 Å². The number of anilines is 1. The molecule has 1 heterocycles. The SMILES string of the molecule is O=S(=O)([O-])c1c2c(c(S(=O)(=O)[O-])c(S(=O)(=O)[O-])c1-c1ccccc1)N(S(=O)(=O)[O-])C(c1ccc(-c3ccccc3)cc1)O2.[K+].[K+].[K+].[K+]. The number of hydrogen-bond donors (Lipinski definition) is 0. The molecular formula is C25H15K4NO13S4. The van der Waals surface area contributed by atoms with Gasteiger partial charge in [0.05, 0.1) is 4.90 Å². The average Bonchev–Trinajstić information content (AvgIpc) is 3.31. The van der Waals surface area contributed by atoms with Crippen LogP contribution in [-0.2, 0) is 40.7 Å². The molecule has 0 N–H and O–H groups in total. The van der Waals surface area contributed by atoms with Gasteiger partial charge in [0.15, 0.2) is 16.1 Å². The van der Waals surface area contributed by atoms with E-state index in [4.69, 9.17) is 4.74 Å². The van der Waals surface area contributed by atoms with Crippen LogP contribution < -0.4 is 215 Å². The molecule has 0 fully saturated rings. The summed E-state index contributed by atoms with van der Waals surface area (Å²) in [5.41, 5.74) is -2.53. The predicted molar refractivity (Wildman–Crippen MR) is 143 cm³/mol. The van der Waals surface area contributed by atoms with E-state index in [-0.39, 0.29) is 211 Å². The quantitative estimate of drug-likeness (QED) is 0.124. The third-order valence-electron chi connectivity index (χ3n) is 6.32. The van der Waals surface area contributed by atoms with Crippen molar-refractivity contribution in [3.05, 3.63) is 90.5 Å². The van der Waals surface area contributed by atoms with Crippen molar-refractivity contribution in [3.63, 3.8) is 0 Å². The van der Waals surface area contributed by atoms with E-state index in [1.165, 1.54) is 42.5 Å². The summed E-state index contributed by atoms with van der Waals surface area (Å²) < 4.78 is 156. The second-order valence-electron chi connectivity index (χ2n) is 8.98. The first-order valence-electron chi connectivity index (χ1n) is 11.6. The zero-order valence-corrected chi connectivity index (χ0v) is 40.8. The van der Waals surface area contributed by atoms with E-state index in [2.05, 4.69) is 0 Å². The zero-order chi connectivity index (χ0) is 31.5. The molecule has 4 aromatic rings. The molecule has 0 aromatic heterocycles. The van der Waals surface area contributed by atoms with Crippen molar-refractivity contribution in [2.75, 3.05) is 4.31 Å². The van der Waals surface area contributed by atoms with E-state index in [0.717, 1.165) is 12.1 Å². The van der Waals surface area contributed by atoms with Crippen LogP contribution in [0.15, 0.2) is 99.6 Å². The number of ether oxygens (including phenoxy) is 1. The summed E-state index contributed by atoms with van der Waals surface area (Å²) in [4.78, 5) is -5.79. The van der Waals surface area contributed by atoms with Gasteiger partial charge in [0.2, 0.25) is 6.23 Å². The number of rotatable bonds is 7. The Morgan fingerprint density at radius 3 is 1.32 bits per heavy atom. The third-order valence-corrected chi connectivity index (χ3v) is 10.00. The molecule has 5 rings (SSSR count). The van der Waals surface area contributed by atoms with Gasteiger partial charge < -0.3 is 22.9 Å². The average molecular weight is 822 g/mol. The largest absolute Gasteiger partial charge is 1.00 e. The van der Waals surface area contributed by atoms with Crippen LogP contribution in [0.1, 0.15) is 11.8 Å². The molecule has 1 unspecified atom stereocenters. The second kappa shape index (κ2) is 18.3. The Labute approximate surface area is 441 Å². The molecular weight excluding hydrogens is 807 g/mol. The van der Waals surface area contributed by atoms with Crippen molar-refractivity contribution < 1.29 is 262 Å². The molecule has 1 aliphatic heterocycles. The summed E-state index contributed by atoms with van der Waals surface area (Å²) in [5.74, 6) is -1.42. The summed E-state index contributed by atoms with van der Waals surface area (Å²) in [5, 5.41) is 0. The zero-order valence-electron chi connectivity index (χ0n) is 25.0. The van der Waals surface area contributed by atoms with E-state index in [1.807, 2.05) is 0 Å². The molecule has 4 aromatic carbocycles. The molecule has 0 amide bonds. The molecule has 1 atom stereocenters. The van der Waals surface area contributed by atoms with Crippen molar-refractivity contribution in [1.29, 1.82) is 0 Å². The maximum Gasteiger partial charge on any atom is 1.00 e. The Balaban J connectivity index is 0.00000276. The van der Waals surface area contributed by atoms with E-state index >= 15 is 0 Å². The second-order valence-corrected chi connectivity index (χ2v) is 14.2. The predicted octanol–water partition coefficient (Wildman–Crippen LogP) is -9.89. The van der Waals surface area contributed by atoms with E-state index in [9.17, 15) is 51.9 Å². The maximum atomic E-state index is 12.6. The van der Waals surface area contributed by atoms with Gasteiger partial charge in [-0.15, -0.1) is 0 Å². The maximum absolute atomic E-state index is 12.6. The van der Waals surface area contributed by atoms with Crippen LogP contribution in [0, 0.1) is 0 Å². The van der Waals surface area contributed by atoms with E-state index in [0.29, 0.717) is 11.1 Å². The van der Waals surface area contributed by atoms with Gasteiger partial charge in [-0.3, -0.25) is 0 Å². The molecule has 0 bridgehead atoms. The van der Waals surface area contributed by atoms with Crippen LogP contribution in [0.3, 0.4) is 0 Å². The fraction of sp³-hybridized carbons (Fsp3) is 0.0400. The molecule has 0 radical (unpaired) electrons. The van der Waals surface area contributed by atoms with Crippen molar-refractivity contribution in [2.45, 2.75) is 20.9 Å². The smallest absolute Gasteiger partial charge is 0.744 e. The summed E-state index contributed by atoms with van der Waals surface area (Å²) in [7, 11) is -24.4. The molecule has 0 saturated heterocycles. The first-order valence-corrected chi connectivity index (χ1v) is 17.2. The molecule has 0 aliphatic carbocycles. The Bertz CT molecular complexity index is 2210. The molecule has 14 nitrogen and oxygen atoms in total. The van der Waals surface area contributed by atoms with Crippen molar-refractivity contribution in [2.24, 2.45) is 0 Å². The molecule has 1 aliphatic rings. The van der Waals surface area contributed by atoms with Crippen LogP contribution in [0.2, 0.25) is 0 Å². The summed E-state index contributed by atoms with van der Waals surface area (Å²) in [6.45, 7) is 0. The van der Waals surface area contributed by atoms with Gasteiger partial charge in [0.25, 0.3) is 0 Å². The fourth-order valence-electron chi connectivity index (χ4n) is 4.71. The minimum absolute atomic E-state index is 0. The van der Waals surface area contributed by atoms with Crippen molar-refractivity contribution in [3.8, 4) is 28.0 Å². The Hall–Kier alpha value is 2.67. The monoisotopic (exact) mass is 821 g/mol. The van der Waals surface area contributed by atoms with Crippen molar-refractivity contribution in [1.82, 2.24) is 0 Å². The van der Waals surface area contributed by atoms with Crippen LogP contribution >= 0.6 is 0 Å². The number of nitrogens with zero attached hydrogens (tertiary/aromatic N) is 1. The first-order chi connectivity index (χ1) is 19.9. The summed E-state index contributed by atoms with van der Waals surface area (Å²) in [6.07, 6.45) is -2.24. The summed E-state index contributed by atoms with van der Waals surface area (Å²) >= 11 is 0. The first kappa shape index (κ1) is 47.7. The normalized spacial score (nSPS) is 14.3. The number of benzene rings is 4. The number of hydrogen-bond acceptors (Lipinski definition) is 13. The van der Waals surface area contributed by atoms with Gasteiger partial charge in [0, 0.05) is 11.1 Å². The topological polar surface area (TPSA) is 241 Å². The minimum Gasteiger partial charge on any atom is -0.744 e. The van der Waals surface area contributed by atoms with Gasteiger partial charge in [-0.25, -0.2) is 38.0 Å². The molecule has 0 saturated carbocycles. The summed E-state index contributed by atoms with van der Waals surface area (Å²) in [6, 6.07) is 19.7. The van der Waals surface area contributed by atoms with Gasteiger partial charge in [-0.2, -0.15) is 0 Å². The van der Waals surface area contributed by atoms with Crippen molar-refractivity contribution >= 4 is 46.3 Å². The molecule has 226 valence electrons. The molecule has 0 spiro atoms. The van der Waals surface area contributed by atoms with Gasteiger partial charge in [-0.05, 0) is 16.7 Å². The fourth-order valence-corrected chi connectivity index (χ4v) is 8.64. The van der Waals surface area contributed by atoms with Gasteiger partial charge in [0.1, 0.15) is 45.8 Å². The third kappa shape index (κ3) is 10.5. The van der Waals surface area contributed by atoms with E-state index in [1.54, 1.807) is 30.3 Å². The van der Waals surface area contributed by atoms with Crippen LogP contribution in [-0.4, -0.2) is 51.9 Å². The molecule has 22 heteroatoms. The standard InChI is InChI=1S/C25H19NO13S4.4K/c27-40(28,29)22-19(17-9-5-2-6-10-17)23(41(30,31)32)24(42(33,34)35)20-21(22)39-25(26(20)43(36,37)38)18-13-11-16(12-14-18)15-7-3-1-4-8-15;;;;/h1-14,25H,(H,27,28,29)(H,30,31,32)(H,33,34,35)(H,36,37,38);;;;/q;4*+1/p-4. The van der Waals surface area contributed by atoms with Gasteiger partial charge in [-0.1, -0.05) is 84.9 Å². The van der Waals surface area contributed by atoms with Crippen LogP contribution in [0.5, 0.6) is 5.75 Å². The van der Waals surface area contributed by atoms with Crippen LogP contribution in [0.4, 0.5) is 5.69 Å². The number of fused-ring (bicyclic) bond motifs is 1. The Kier molecular flexibility index (Phi) is 18.6. The molecule has 47 heavy (non-hydrogen) atoms.